The molecule has 8 nitrogen and oxygen atoms in total. The lowest BCUT2D eigenvalue weighted by atomic mass is 9.94. The Labute approximate surface area is 207 Å². The minimum absolute atomic E-state index is 0.0184. The Bertz CT molecular complexity index is 1030. The molecule has 0 radical (unpaired) electrons. The predicted molar refractivity (Wildman–Crippen MR) is 134 cm³/mol. The van der Waals surface area contributed by atoms with Crippen LogP contribution in [-0.4, -0.2) is 75.2 Å². The number of nitrogens with zero attached hydrogens (tertiary/aromatic N) is 2. The molecule has 1 heterocycles. The van der Waals surface area contributed by atoms with Crippen LogP contribution in [0.4, 0.5) is 5.69 Å². The van der Waals surface area contributed by atoms with Crippen LogP contribution in [0.5, 0.6) is 17.2 Å². The van der Waals surface area contributed by atoms with Gasteiger partial charge in [0.15, 0.2) is 11.5 Å². The lowest BCUT2D eigenvalue weighted by Gasteiger charge is -2.40. The van der Waals surface area contributed by atoms with Crippen LogP contribution in [0, 0.1) is 5.92 Å². The van der Waals surface area contributed by atoms with Gasteiger partial charge >= 0.3 is 0 Å². The van der Waals surface area contributed by atoms with E-state index in [-0.39, 0.29) is 17.9 Å². The lowest BCUT2D eigenvalue weighted by molar-refractivity contribution is -0.123. The first-order valence-electron chi connectivity index (χ1n) is 12.2. The van der Waals surface area contributed by atoms with E-state index in [9.17, 15) is 9.59 Å². The maximum absolute atomic E-state index is 13.5. The monoisotopic (exact) mass is 481 g/mol. The van der Waals surface area contributed by atoms with Gasteiger partial charge in [0.2, 0.25) is 5.91 Å². The highest BCUT2D eigenvalue weighted by molar-refractivity contribution is 5.96. The highest BCUT2D eigenvalue weighted by atomic mass is 16.5. The fourth-order valence-corrected chi connectivity index (χ4v) is 5.22. The van der Waals surface area contributed by atoms with E-state index in [2.05, 4.69) is 10.2 Å². The van der Waals surface area contributed by atoms with E-state index >= 15 is 0 Å². The summed E-state index contributed by atoms with van der Waals surface area (Å²) in [6, 6.07) is 12.5. The third-order valence-electron chi connectivity index (χ3n) is 7.08. The number of piperazine rings is 1. The van der Waals surface area contributed by atoms with Gasteiger partial charge in [-0.05, 0) is 49.1 Å². The molecule has 0 spiro atoms. The van der Waals surface area contributed by atoms with Crippen LogP contribution in [0.2, 0.25) is 0 Å². The standard InChI is InChI=1S/C27H35N3O5/c1-33-22-10-6-9-21(18-22)28-26(31)25(19-7-4-5-8-19)29-13-15-30(16-14-29)27(32)20-11-12-23(34-2)24(17-20)35-3/h6,9-12,17-19,25H,4-5,7-8,13-16H2,1-3H3,(H,28,31). The molecule has 2 amide bonds. The lowest BCUT2D eigenvalue weighted by Crippen LogP contribution is -2.56. The van der Waals surface area contributed by atoms with E-state index in [1.807, 2.05) is 29.2 Å². The molecule has 8 heteroatoms. The molecule has 1 saturated heterocycles. The van der Waals surface area contributed by atoms with Crippen LogP contribution in [0.15, 0.2) is 42.5 Å². The second-order valence-electron chi connectivity index (χ2n) is 9.11. The predicted octanol–water partition coefficient (Wildman–Crippen LogP) is 3.67. The van der Waals surface area contributed by atoms with E-state index in [1.165, 1.54) is 0 Å². The Kier molecular flexibility index (Phi) is 8.13. The van der Waals surface area contributed by atoms with Gasteiger partial charge in [0.1, 0.15) is 5.75 Å². The molecule has 1 N–H and O–H groups in total. The Morgan fingerprint density at radius 1 is 0.886 bits per heavy atom. The molecule has 2 aromatic carbocycles. The zero-order chi connectivity index (χ0) is 24.8. The van der Waals surface area contributed by atoms with E-state index in [1.54, 1.807) is 39.5 Å². The Morgan fingerprint density at radius 2 is 1.60 bits per heavy atom. The van der Waals surface area contributed by atoms with Crippen LogP contribution in [0.25, 0.3) is 0 Å². The van der Waals surface area contributed by atoms with Crippen molar-refractivity contribution in [2.24, 2.45) is 5.92 Å². The van der Waals surface area contributed by atoms with Crippen molar-refractivity contribution in [3.8, 4) is 17.2 Å². The number of carbonyl (C=O) groups excluding carboxylic acids is 2. The average Bonchev–Trinajstić information content (AvgIpc) is 3.42. The third kappa shape index (κ3) is 5.70. The fraction of sp³-hybridized carbons (Fsp3) is 0.481. The first-order chi connectivity index (χ1) is 17.0. The topological polar surface area (TPSA) is 80.3 Å². The van der Waals surface area contributed by atoms with Crippen molar-refractivity contribution in [2.75, 3.05) is 52.8 Å². The quantitative estimate of drug-likeness (QED) is 0.620. The first kappa shape index (κ1) is 24.9. The second kappa shape index (κ2) is 11.4. The zero-order valence-electron chi connectivity index (χ0n) is 20.8. The maximum Gasteiger partial charge on any atom is 0.254 e. The van der Waals surface area contributed by atoms with Crippen molar-refractivity contribution in [1.82, 2.24) is 9.80 Å². The summed E-state index contributed by atoms with van der Waals surface area (Å²) in [7, 11) is 4.75. The smallest absolute Gasteiger partial charge is 0.254 e. The molecule has 1 aliphatic heterocycles. The van der Waals surface area contributed by atoms with Crippen molar-refractivity contribution in [3.63, 3.8) is 0 Å². The molecule has 1 aliphatic carbocycles. The molecule has 188 valence electrons. The van der Waals surface area contributed by atoms with Crippen LogP contribution < -0.4 is 19.5 Å². The molecule has 0 bridgehead atoms. The van der Waals surface area contributed by atoms with Crippen molar-refractivity contribution in [1.29, 1.82) is 0 Å². The number of rotatable bonds is 8. The molecule has 2 aromatic rings. The normalized spacial score (nSPS) is 17.6. The molecule has 4 rings (SSSR count). The SMILES string of the molecule is COc1cccc(NC(=O)C(C2CCCC2)N2CCN(C(=O)c3ccc(OC)c(OC)c3)CC2)c1. The summed E-state index contributed by atoms with van der Waals surface area (Å²) >= 11 is 0. The van der Waals surface area contributed by atoms with Gasteiger partial charge in [-0.3, -0.25) is 14.5 Å². The van der Waals surface area contributed by atoms with Crippen LogP contribution in [0.1, 0.15) is 36.0 Å². The number of ether oxygens (including phenoxy) is 3. The average molecular weight is 482 g/mol. The summed E-state index contributed by atoms with van der Waals surface area (Å²) in [5, 5.41) is 3.11. The summed E-state index contributed by atoms with van der Waals surface area (Å²) in [6.45, 7) is 2.46. The van der Waals surface area contributed by atoms with Crippen molar-refractivity contribution in [2.45, 2.75) is 31.7 Å². The molecule has 35 heavy (non-hydrogen) atoms. The number of hydrogen-bond acceptors (Lipinski definition) is 6. The number of amides is 2. The maximum atomic E-state index is 13.5. The molecule has 1 saturated carbocycles. The fourth-order valence-electron chi connectivity index (χ4n) is 5.22. The van der Waals surface area contributed by atoms with Gasteiger partial charge in [-0.1, -0.05) is 18.9 Å². The van der Waals surface area contributed by atoms with Crippen LogP contribution in [0.3, 0.4) is 0 Å². The molecule has 2 aliphatic rings. The number of carbonyl (C=O) groups is 2. The summed E-state index contributed by atoms with van der Waals surface area (Å²) in [5.74, 6) is 2.15. The highest BCUT2D eigenvalue weighted by Gasteiger charge is 2.37. The second-order valence-corrected chi connectivity index (χ2v) is 9.11. The zero-order valence-corrected chi connectivity index (χ0v) is 20.8. The van der Waals surface area contributed by atoms with Crippen molar-refractivity contribution >= 4 is 17.5 Å². The van der Waals surface area contributed by atoms with E-state index in [0.717, 1.165) is 31.4 Å². The minimum atomic E-state index is -0.206. The Balaban J connectivity index is 1.43. The Hall–Kier alpha value is -3.26. The summed E-state index contributed by atoms with van der Waals surface area (Å²) in [5.41, 5.74) is 1.30. The van der Waals surface area contributed by atoms with Crippen LogP contribution in [-0.2, 0) is 4.79 Å². The van der Waals surface area contributed by atoms with E-state index in [4.69, 9.17) is 14.2 Å². The van der Waals surface area contributed by atoms with Crippen LogP contribution >= 0.6 is 0 Å². The summed E-state index contributed by atoms with van der Waals surface area (Å²) in [4.78, 5) is 30.7. The number of nitrogens with one attached hydrogen (secondary N) is 1. The molecular weight excluding hydrogens is 446 g/mol. The van der Waals surface area contributed by atoms with Gasteiger partial charge in [0.25, 0.3) is 5.91 Å². The van der Waals surface area contributed by atoms with Gasteiger partial charge in [0, 0.05) is 43.5 Å². The van der Waals surface area contributed by atoms with Gasteiger partial charge in [-0.25, -0.2) is 0 Å². The van der Waals surface area contributed by atoms with Gasteiger partial charge in [0.05, 0.1) is 27.4 Å². The number of benzene rings is 2. The minimum Gasteiger partial charge on any atom is -0.497 e. The van der Waals surface area contributed by atoms with E-state index < -0.39 is 0 Å². The molecule has 1 unspecified atom stereocenters. The first-order valence-corrected chi connectivity index (χ1v) is 12.2. The summed E-state index contributed by atoms with van der Waals surface area (Å²) < 4.78 is 15.9. The van der Waals surface area contributed by atoms with Crippen molar-refractivity contribution in [3.05, 3.63) is 48.0 Å². The van der Waals surface area contributed by atoms with Gasteiger partial charge in [-0.15, -0.1) is 0 Å². The molecule has 2 fully saturated rings. The number of hydrogen-bond donors (Lipinski definition) is 1. The Morgan fingerprint density at radius 3 is 2.26 bits per heavy atom. The van der Waals surface area contributed by atoms with E-state index in [0.29, 0.717) is 54.9 Å². The van der Waals surface area contributed by atoms with Gasteiger partial charge in [-0.2, -0.15) is 0 Å². The third-order valence-corrected chi connectivity index (χ3v) is 7.08. The molecule has 0 aromatic heterocycles. The number of anilines is 1. The van der Waals surface area contributed by atoms with Gasteiger partial charge < -0.3 is 24.4 Å². The largest absolute Gasteiger partial charge is 0.497 e. The highest BCUT2D eigenvalue weighted by Crippen LogP contribution is 2.32. The number of methoxy groups -OCH3 is 3. The molecular formula is C27H35N3O5. The summed E-state index contributed by atoms with van der Waals surface area (Å²) in [6.07, 6.45) is 4.43. The molecule has 1 atom stereocenters. The van der Waals surface area contributed by atoms with Crippen molar-refractivity contribution < 1.29 is 23.8 Å².